The minimum Gasteiger partial charge on any atom is -0.323 e. The second-order valence-electron chi connectivity index (χ2n) is 7.75. The Balaban J connectivity index is 1.98. The summed E-state index contributed by atoms with van der Waals surface area (Å²) in [5.74, 6) is -1.17. The van der Waals surface area contributed by atoms with Crippen molar-refractivity contribution < 1.29 is 9.36 Å². The van der Waals surface area contributed by atoms with Crippen molar-refractivity contribution >= 4 is 35.3 Å². The van der Waals surface area contributed by atoms with Gasteiger partial charge in [-0.05, 0) is 11.1 Å². The lowest BCUT2D eigenvalue weighted by Gasteiger charge is -2.38. The van der Waals surface area contributed by atoms with E-state index < -0.39 is 12.9 Å². The van der Waals surface area contributed by atoms with Gasteiger partial charge in [-0.15, -0.1) is 11.6 Å². The number of halogens is 1. The molecule has 166 valence electrons. The first-order valence-corrected chi connectivity index (χ1v) is 13.1. The smallest absolute Gasteiger partial charge is 0.238 e. The maximum atomic E-state index is 15.3. The average Bonchev–Trinajstić information content (AvgIpc) is 2.90. The van der Waals surface area contributed by atoms with Crippen LogP contribution in [-0.2, 0) is 15.9 Å². The van der Waals surface area contributed by atoms with Crippen molar-refractivity contribution in [2.45, 2.75) is 12.3 Å². The van der Waals surface area contributed by atoms with Gasteiger partial charge >= 0.3 is 0 Å². The van der Waals surface area contributed by atoms with E-state index in [4.69, 9.17) is 11.6 Å². The van der Waals surface area contributed by atoms with E-state index in [1.807, 2.05) is 121 Å². The van der Waals surface area contributed by atoms with E-state index in [1.165, 1.54) is 0 Å². The Labute approximate surface area is 200 Å². The van der Waals surface area contributed by atoms with Crippen molar-refractivity contribution in [1.29, 1.82) is 0 Å². The third kappa shape index (κ3) is 4.95. The molecule has 4 aromatic rings. The standard InChI is InChI=1S/C28H25ClNO2P/c29-21-27(31)30(22-23-13-5-1-6-14-23)28(24-15-7-2-8-16-24)33(32,25-17-9-3-10-18-25)26-19-11-4-12-20-26/h1-20,28H,21-22H2. The Bertz CT molecular complexity index is 1170. The summed E-state index contributed by atoms with van der Waals surface area (Å²) < 4.78 is 15.3. The maximum Gasteiger partial charge on any atom is 0.238 e. The number of alkyl halides is 1. The molecule has 5 heteroatoms. The molecule has 0 saturated heterocycles. The number of rotatable bonds is 8. The molecule has 0 N–H and O–H groups in total. The molecule has 0 saturated carbocycles. The first-order chi connectivity index (χ1) is 16.1. The van der Waals surface area contributed by atoms with E-state index in [0.29, 0.717) is 17.2 Å². The van der Waals surface area contributed by atoms with E-state index in [0.717, 1.165) is 11.1 Å². The quantitative estimate of drug-likeness (QED) is 0.233. The van der Waals surface area contributed by atoms with Crippen LogP contribution >= 0.6 is 18.7 Å². The van der Waals surface area contributed by atoms with E-state index in [2.05, 4.69) is 0 Å². The zero-order valence-electron chi connectivity index (χ0n) is 18.1. The third-order valence-electron chi connectivity index (χ3n) is 5.65. The summed E-state index contributed by atoms with van der Waals surface area (Å²) in [6.07, 6.45) is 0. The fraction of sp³-hybridized carbons (Fsp3) is 0.107. The van der Waals surface area contributed by atoms with Crippen molar-refractivity contribution in [2.75, 3.05) is 5.88 Å². The second kappa shape index (κ2) is 10.7. The molecule has 0 aromatic heterocycles. The van der Waals surface area contributed by atoms with Crippen molar-refractivity contribution in [3.8, 4) is 0 Å². The summed E-state index contributed by atoms with van der Waals surface area (Å²) in [5.41, 5.74) is 1.76. The van der Waals surface area contributed by atoms with Gasteiger partial charge in [0.1, 0.15) is 11.7 Å². The topological polar surface area (TPSA) is 37.4 Å². The summed E-state index contributed by atoms with van der Waals surface area (Å²) in [5, 5.41) is 1.40. The molecule has 0 bridgehead atoms. The maximum absolute atomic E-state index is 15.3. The van der Waals surface area contributed by atoms with Gasteiger partial charge in [0.2, 0.25) is 5.91 Å². The molecule has 0 fully saturated rings. The lowest BCUT2D eigenvalue weighted by Crippen LogP contribution is -2.39. The summed E-state index contributed by atoms with van der Waals surface area (Å²) in [7, 11) is -3.37. The van der Waals surface area contributed by atoms with Crippen molar-refractivity contribution in [3.05, 3.63) is 132 Å². The van der Waals surface area contributed by atoms with Crippen LogP contribution in [0.5, 0.6) is 0 Å². The van der Waals surface area contributed by atoms with E-state index in [9.17, 15) is 4.79 Å². The number of benzene rings is 4. The molecule has 0 heterocycles. The van der Waals surface area contributed by atoms with Crippen LogP contribution in [0.1, 0.15) is 16.9 Å². The Morgan fingerprint density at radius 3 is 1.58 bits per heavy atom. The van der Waals surface area contributed by atoms with Gasteiger partial charge in [-0.25, -0.2) is 0 Å². The predicted molar refractivity (Wildman–Crippen MR) is 137 cm³/mol. The first kappa shape index (κ1) is 23.0. The number of amides is 1. The molecule has 1 unspecified atom stereocenters. The fourth-order valence-corrected chi connectivity index (χ4v) is 7.55. The van der Waals surface area contributed by atoms with Crippen molar-refractivity contribution in [1.82, 2.24) is 4.90 Å². The summed E-state index contributed by atoms with van der Waals surface area (Å²) >= 11 is 6.11. The fourth-order valence-electron chi connectivity index (χ4n) is 4.11. The molecular formula is C28H25ClNO2P. The van der Waals surface area contributed by atoms with Crippen LogP contribution in [0.25, 0.3) is 0 Å². The second-order valence-corrected chi connectivity index (χ2v) is 10.9. The van der Waals surface area contributed by atoms with Crippen molar-refractivity contribution in [3.63, 3.8) is 0 Å². The van der Waals surface area contributed by atoms with Crippen LogP contribution in [0.4, 0.5) is 0 Å². The molecule has 33 heavy (non-hydrogen) atoms. The normalized spacial score (nSPS) is 12.2. The van der Waals surface area contributed by atoms with E-state index in [1.54, 1.807) is 4.90 Å². The van der Waals surface area contributed by atoms with Gasteiger partial charge in [-0.2, -0.15) is 0 Å². The predicted octanol–water partition coefficient (Wildman–Crippen LogP) is 5.97. The summed E-state index contributed by atoms with van der Waals surface area (Å²) in [6, 6.07) is 38.2. The SMILES string of the molecule is O=C(CCl)N(Cc1ccccc1)C(c1ccccc1)P(=O)(c1ccccc1)c1ccccc1. The van der Waals surface area contributed by atoms with Gasteiger partial charge in [-0.1, -0.05) is 121 Å². The Hall–Kier alpha value is -3.13. The first-order valence-electron chi connectivity index (χ1n) is 10.8. The highest BCUT2D eigenvalue weighted by molar-refractivity contribution is 7.79. The van der Waals surface area contributed by atoms with Crippen LogP contribution in [0, 0.1) is 0 Å². The highest BCUT2D eigenvalue weighted by Crippen LogP contribution is 2.59. The molecule has 0 aliphatic carbocycles. The number of carbonyl (C=O) groups is 1. The average molecular weight is 474 g/mol. The summed E-state index contributed by atoms with van der Waals surface area (Å²) in [6.45, 7) is 0.301. The Morgan fingerprint density at radius 1 is 0.697 bits per heavy atom. The lowest BCUT2D eigenvalue weighted by atomic mass is 10.1. The lowest BCUT2D eigenvalue weighted by molar-refractivity contribution is -0.130. The van der Waals surface area contributed by atoms with Gasteiger partial charge in [0.05, 0.1) is 0 Å². The van der Waals surface area contributed by atoms with Crippen LogP contribution in [0.15, 0.2) is 121 Å². The van der Waals surface area contributed by atoms with Crippen molar-refractivity contribution in [2.24, 2.45) is 0 Å². The number of hydrogen-bond donors (Lipinski definition) is 0. The molecular weight excluding hydrogens is 449 g/mol. The molecule has 3 nitrogen and oxygen atoms in total. The van der Waals surface area contributed by atoms with Gasteiger partial charge in [0, 0.05) is 17.2 Å². The molecule has 1 atom stereocenters. The summed E-state index contributed by atoms with van der Waals surface area (Å²) in [4.78, 5) is 15.0. The molecule has 0 aliphatic rings. The van der Waals surface area contributed by atoms with Gasteiger partial charge in [0.15, 0.2) is 7.14 Å². The van der Waals surface area contributed by atoms with E-state index in [-0.39, 0.29) is 11.8 Å². The molecule has 4 rings (SSSR count). The Kier molecular flexibility index (Phi) is 7.44. The van der Waals surface area contributed by atoms with Gasteiger partial charge in [-0.3, -0.25) is 4.79 Å². The number of nitrogens with zero attached hydrogens (tertiary/aromatic N) is 1. The van der Waals surface area contributed by atoms with Gasteiger partial charge in [0.25, 0.3) is 0 Å². The molecule has 0 radical (unpaired) electrons. The third-order valence-corrected chi connectivity index (χ3v) is 9.27. The molecule has 1 amide bonds. The zero-order valence-corrected chi connectivity index (χ0v) is 19.8. The zero-order chi connectivity index (χ0) is 23.1. The number of carbonyl (C=O) groups excluding carboxylic acids is 1. The highest BCUT2D eigenvalue weighted by Gasteiger charge is 2.43. The van der Waals surface area contributed by atoms with Crippen LogP contribution in [0.2, 0.25) is 0 Å². The minimum atomic E-state index is -3.37. The Morgan fingerprint density at radius 2 is 1.12 bits per heavy atom. The molecule has 0 spiro atoms. The molecule has 4 aromatic carbocycles. The van der Waals surface area contributed by atoms with E-state index >= 15 is 4.57 Å². The van der Waals surface area contributed by atoms with Crippen LogP contribution < -0.4 is 10.6 Å². The molecule has 0 aliphatic heterocycles. The largest absolute Gasteiger partial charge is 0.323 e. The highest BCUT2D eigenvalue weighted by atomic mass is 35.5. The van der Waals surface area contributed by atoms with Crippen LogP contribution in [-0.4, -0.2) is 16.7 Å². The minimum absolute atomic E-state index is 0.195. The number of hydrogen-bond acceptors (Lipinski definition) is 2. The van der Waals surface area contributed by atoms with Crippen LogP contribution in [0.3, 0.4) is 0 Å². The van der Waals surface area contributed by atoms with Gasteiger partial charge < -0.3 is 9.46 Å². The monoisotopic (exact) mass is 473 g/mol.